The first kappa shape index (κ1) is 22.9. The van der Waals surface area contributed by atoms with Gasteiger partial charge in [0.25, 0.3) is 5.91 Å². The zero-order valence-electron chi connectivity index (χ0n) is 17.7. The Morgan fingerprint density at radius 1 is 1.24 bits per heavy atom. The van der Waals surface area contributed by atoms with Gasteiger partial charge in [0, 0.05) is 25.4 Å². The fourth-order valence-corrected chi connectivity index (χ4v) is 3.86. The zero-order valence-corrected chi connectivity index (χ0v) is 17.7. The second-order valence-corrected chi connectivity index (χ2v) is 8.27. The number of unbranched alkanes of at least 4 members (excludes halogenated alkanes) is 1. The van der Waals surface area contributed by atoms with Crippen LogP contribution in [-0.4, -0.2) is 47.0 Å². The van der Waals surface area contributed by atoms with Crippen LogP contribution in [-0.2, 0) is 20.8 Å². The summed E-state index contributed by atoms with van der Waals surface area (Å²) in [7, 11) is 0. The van der Waals surface area contributed by atoms with Gasteiger partial charge in [0.05, 0.1) is 0 Å². The standard InChI is InChI=1S/C22H33N3O4/c1-16-7-9-18(10-8-16)11-12-22(3)13-15-25(21(22)28)19(20(27)24-29)6-4-5-14-23-17(2)26/h7-10,19,29H,4-6,11-15H2,1-3H3,(H,23,26)(H,24,27)/t19-,22?/m1/s1. The first-order chi connectivity index (χ1) is 13.8. The molecule has 0 aliphatic carbocycles. The fourth-order valence-electron chi connectivity index (χ4n) is 3.86. The minimum Gasteiger partial charge on any atom is -0.356 e. The molecule has 1 unspecified atom stereocenters. The van der Waals surface area contributed by atoms with Gasteiger partial charge in [0.15, 0.2) is 0 Å². The van der Waals surface area contributed by atoms with Crippen molar-refractivity contribution in [2.75, 3.05) is 13.1 Å². The topological polar surface area (TPSA) is 98.7 Å². The van der Waals surface area contributed by atoms with Gasteiger partial charge in [0.2, 0.25) is 11.8 Å². The van der Waals surface area contributed by atoms with Crippen LogP contribution in [0.1, 0.15) is 57.1 Å². The number of hydrogen-bond acceptors (Lipinski definition) is 4. The Bertz CT molecular complexity index is 719. The Hall–Kier alpha value is -2.41. The van der Waals surface area contributed by atoms with E-state index >= 15 is 0 Å². The van der Waals surface area contributed by atoms with E-state index in [1.165, 1.54) is 18.1 Å². The highest BCUT2D eigenvalue weighted by Gasteiger charge is 2.46. The number of hydrogen-bond donors (Lipinski definition) is 3. The lowest BCUT2D eigenvalue weighted by Gasteiger charge is -2.29. The molecule has 1 saturated heterocycles. The van der Waals surface area contributed by atoms with Crippen molar-refractivity contribution in [3.05, 3.63) is 35.4 Å². The third kappa shape index (κ3) is 6.29. The lowest BCUT2D eigenvalue weighted by atomic mass is 9.82. The summed E-state index contributed by atoms with van der Waals surface area (Å²) in [6, 6.07) is 7.64. The van der Waals surface area contributed by atoms with Gasteiger partial charge in [0.1, 0.15) is 6.04 Å². The fraction of sp³-hybridized carbons (Fsp3) is 0.591. The van der Waals surface area contributed by atoms with Crippen molar-refractivity contribution in [2.45, 2.75) is 65.3 Å². The smallest absolute Gasteiger partial charge is 0.266 e. The van der Waals surface area contributed by atoms with Crippen LogP contribution in [0.15, 0.2) is 24.3 Å². The molecular formula is C22H33N3O4. The van der Waals surface area contributed by atoms with Crippen molar-refractivity contribution in [2.24, 2.45) is 5.41 Å². The molecule has 7 nitrogen and oxygen atoms in total. The van der Waals surface area contributed by atoms with E-state index in [2.05, 4.69) is 29.6 Å². The van der Waals surface area contributed by atoms with Crippen molar-refractivity contribution in [3.63, 3.8) is 0 Å². The van der Waals surface area contributed by atoms with Crippen molar-refractivity contribution in [3.8, 4) is 0 Å². The number of carbonyl (C=O) groups is 3. The largest absolute Gasteiger partial charge is 0.356 e. The number of rotatable bonds is 10. The molecular weight excluding hydrogens is 370 g/mol. The summed E-state index contributed by atoms with van der Waals surface area (Å²) in [6.45, 7) is 6.51. The second-order valence-electron chi connectivity index (χ2n) is 8.27. The number of carbonyl (C=O) groups excluding carboxylic acids is 3. The highest BCUT2D eigenvalue weighted by atomic mass is 16.5. The van der Waals surface area contributed by atoms with Gasteiger partial charge in [-0.2, -0.15) is 0 Å². The predicted octanol–water partition coefficient (Wildman–Crippen LogP) is 2.35. The zero-order chi connectivity index (χ0) is 21.4. The summed E-state index contributed by atoms with van der Waals surface area (Å²) in [5, 5.41) is 11.9. The number of nitrogens with zero attached hydrogens (tertiary/aromatic N) is 1. The van der Waals surface area contributed by atoms with Crippen molar-refractivity contribution >= 4 is 17.7 Å². The quantitative estimate of drug-likeness (QED) is 0.317. The number of hydroxylamine groups is 1. The molecule has 0 bridgehead atoms. The van der Waals surface area contributed by atoms with Crippen LogP contribution in [0.25, 0.3) is 0 Å². The molecule has 29 heavy (non-hydrogen) atoms. The summed E-state index contributed by atoms with van der Waals surface area (Å²) in [5.41, 5.74) is 3.61. The average Bonchev–Trinajstić information content (AvgIpc) is 2.98. The second kappa shape index (κ2) is 10.4. The van der Waals surface area contributed by atoms with Gasteiger partial charge < -0.3 is 10.2 Å². The first-order valence-corrected chi connectivity index (χ1v) is 10.3. The molecule has 1 aromatic rings. The van der Waals surface area contributed by atoms with Gasteiger partial charge >= 0.3 is 0 Å². The number of benzene rings is 1. The Morgan fingerprint density at radius 2 is 1.93 bits per heavy atom. The maximum atomic E-state index is 13.1. The molecule has 0 spiro atoms. The summed E-state index contributed by atoms with van der Waals surface area (Å²) in [5.74, 6) is -0.672. The van der Waals surface area contributed by atoms with Gasteiger partial charge in [-0.25, -0.2) is 5.48 Å². The Balaban J connectivity index is 1.95. The highest BCUT2D eigenvalue weighted by molar-refractivity contribution is 5.91. The summed E-state index contributed by atoms with van der Waals surface area (Å²) in [6.07, 6.45) is 4.06. The van der Waals surface area contributed by atoms with Crippen molar-refractivity contribution < 1.29 is 19.6 Å². The van der Waals surface area contributed by atoms with Crippen LogP contribution in [0.5, 0.6) is 0 Å². The predicted molar refractivity (Wildman–Crippen MR) is 110 cm³/mol. The molecule has 1 fully saturated rings. The summed E-state index contributed by atoms with van der Waals surface area (Å²) in [4.78, 5) is 37.9. The third-order valence-electron chi connectivity index (χ3n) is 5.84. The molecule has 1 aromatic carbocycles. The minimum atomic E-state index is -0.689. The lowest BCUT2D eigenvalue weighted by Crippen LogP contribution is -2.48. The molecule has 2 atom stereocenters. The van der Waals surface area contributed by atoms with Crippen molar-refractivity contribution in [1.82, 2.24) is 15.7 Å². The summed E-state index contributed by atoms with van der Waals surface area (Å²) < 4.78 is 0. The molecule has 1 heterocycles. The molecule has 1 aliphatic rings. The maximum absolute atomic E-state index is 13.1. The van der Waals surface area contributed by atoms with E-state index in [1.54, 1.807) is 10.4 Å². The van der Waals surface area contributed by atoms with E-state index in [0.717, 1.165) is 12.8 Å². The number of nitrogens with one attached hydrogen (secondary N) is 2. The molecule has 3 amide bonds. The third-order valence-corrected chi connectivity index (χ3v) is 5.84. The van der Waals surface area contributed by atoms with E-state index in [-0.39, 0.29) is 11.8 Å². The Kier molecular flexibility index (Phi) is 8.20. The van der Waals surface area contributed by atoms with E-state index in [9.17, 15) is 14.4 Å². The Morgan fingerprint density at radius 3 is 2.55 bits per heavy atom. The van der Waals surface area contributed by atoms with Gasteiger partial charge in [-0.1, -0.05) is 36.8 Å². The van der Waals surface area contributed by atoms with Crippen LogP contribution in [0, 0.1) is 12.3 Å². The SMILES string of the molecule is CC(=O)NCCCC[C@H](C(=O)NO)N1CCC(C)(CCc2ccc(C)cc2)C1=O. The maximum Gasteiger partial charge on any atom is 0.266 e. The summed E-state index contributed by atoms with van der Waals surface area (Å²) >= 11 is 0. The van der Waals surface area contributed by atoms with Crippen LogP contribution in [0.3, 0.4) is 0 Å². The molecule has 0 saturated carbocycles. The number of amides is 3. The highest BCUT2D eigenvalue weighted by Crippen LogP contribution is 2.37. The molecule has 3 N–H and O–H groups in total. The van der Waals surface area contributed by atoms with E-state index in [1.807, 2.05) is 13.8 Å². The van der Waals surface area contributed by atoms with Crippen LogP contribution >= 0.6 is 0 Å². The minimum absolute atomic E-state index is 0.0277. The molecule has 0 aromatic heterocycles. The first-order valence-electron chi connectivity index (χ1n) is 10.3. The van der Waals surface area contributed by atoms with Crippen LogP contribution < -0.4 is 10.8 Å². The van der Waals surface area contributed by atoms with E-state index < -0.39 is 17.4 Å². The van der Waals surface area contributed by atoms with Crippen LogP contribution in [0.2, 0.25) is 0 Å². The number of likely N-dealkylation sites (tertiary alicyclic amines) is 1. The average molecular weight is 404 g/mol. The van der Waals surface area contributed by atoms with Crippen molar-refractivity contribution in [1.29, 1.82) is 0 Å². The molecule has 2 rings (SSSR count). The molecule has 1 aliphatic heterocycles. The van der Waals surface area contributed by atoms with E-state index in [4.69, 9.17) is 5.21 Å². The molecule has 0 radical (unpaired) electrons. The van der Waals surface area contributed by atoms with Gasteiger partial charge in [-0.15, -0.1) is 0 Å². The van der Waals surface area contributed by atoms with Gasteiger partial charge in [-0.3, -0.25) is 19.6 Å². The molecule has 160 valence electrons. The molecule has 7 heteroatoms. The van der Waals surface area contributed by atoms with Crippen LogP contribution in [0.4, 0.5) is 0 Å². The van der Waals surface area contributed by atoms with Gasteiger partial charge in [-0.05, 0) is 51.0 Å². The number of aryl methyl sites for hydroxylation is 2. The monoisotopic (exact) mass is 403 g/mol. The van der Waals surface area contributed by atoms with E-state index in [0.29, 0.717) is 38.8 Å². The Labute approximate surface area is 172 Å². The lowest BCUT2D eigenvalue weighted by molar-refractivity contribution is -0.146. The normalized spacial score (nSPS) is 19.9.